The lowest BCUT2D eigenvalue weighted by Crippen LogP contribution is -2.57. The Balaban J connectivity index is 1.82. The van der Waals surface area contributed by atoms with Gasteiger partial charge >= 0.3 is 0 Å². The Hall–Kier alpha value is -2.56. The van der Waals surface area contributed by atoms with E-state index in [-0.39, 0.29) is 17.6 Å². The van der Waals surface area contributed by atoms with Crippen molar-refractivity contribution in [2.24, 2.45) is 0 Å². The molecule has 120 valence electrons. The fraction of sp³-hybridized carbons (Fsp3) is 0.333. The first-order valence-electron chi connectivity index (χ1n) is 7.71. The van der Waals surface area contributed by atoms with Gasteiger partial charge in [-0.15, -0.1) is 0 Å². The molecule has 0 bridgehead atoms. The van der Waals surface area contributed by atoms with Crippen LogP contribution in [0.15, 0.2) is 41.0 Å². The van der Waals surface area contributed by atoms with Crippen molar-refractivity contribution in [3.8, 4) is 0 Å². The third kappa shape index (κ3) is 2.86. The van der Waals surface area contributed by atoms with E-state index in [4.69, 9.17) is 4.42 Å². The van der Waals surface area contributed by atoms with Gasteiger partial charge in [-0.25, -0.2) is 0 Å². The van der Waals surface area contributed by atoms with Crippen LogP contribution in [0.4, 0.5) is 5.69 Å². The van der Waals surface area contributed by atoms with Crippen molar-refractivity contribution in [3.05, 3.63) is 53.5 Å². The maximum Gasteiger partial charge on any atom is 0.290 e. The number of benzene rings is 1. The van der Waals surface area contributed by atoms with Gasteiger partial charge in [0.25, 0.3) is 5.91 Å². The minimum Gasteiger partial charge on any atom is -0.459 e. The molecule has 0 N–H and O–H groups in total. The Kier molecular flexibility index (Phi) is 3.94. The summed E-state index contributed by atoms with van der Waals surface area (Å²) in [5.74, 6) is -0.0402. The second-order valence-corrected chi connectivity index (χ2v) is 5.99. The summed E-state index contributed by atoms with van der Waals surface area (Å²) in [5, 5.41) is 0. The number of amides is 2. The van der Waals surface area contributed by atoms with Gasteiger partial charge in [0.15, 0.2) is 5.76 Å². The average Bonchev–Trinajstić information content (AvgIpc) is 3.02. The number of aryl methyl sites for hydroxylation is 2. The second kappa shape index (κ2) is 5.91. The van der Waals surface area contributed by atoms with Crippen LogP contribution in [0.5, 0.6) is 0 Å². The summed E-state index contributed by atoms with van der Waals surface area (Å²) in [6, 6.07) is 8.86. The zero-order valence-electron chi connectivity index (χ0n) is 13.6. The highest BCUT2D eigenvalue weighted by molar-refractivity contribution is 6.02. The molecule has 1 aromatic heterocycles. The van der Waals surface area contributed by atoms with E-state index in [1.54, 1.807) is 28.9 Å². The number of piperazine rings is 1. The van der Waals surface area contributed by atoms with Crippen LogP contribution in [0, 0.1) is 13.8 Å². The van der Waals surface area contributed by atoms with Crippen LogP contribution in [-0.2, 0) is 4.79 Å². The first-order valence-corrected chi connectivity index (χ1v) is 7.71. The van der Waals surface area contributed by atoms with Crippen molar-refractivity contribution in [2.45, 2.75) is 26.8 Å². The van der Waals surface area contributed by atoms with Crippen LogP contribution < -0.4 is 4.90 Å². The van der Waals surface area contributed by atoms with Gasteiger partial charge in [-0.05, 0) is 56.2 Å². The Bertz CT molecular complexity index is 716. The molecule has 5 heteroatoms. The van der Waals surface area contributed by atoms with Crippen LogP contribution in [0.2, 0.25) is 0 Å². The third-order valence-electron chi connectivity index (χ3n) is 4.17. The topological polar surface area (TPSA) is 53.8 Å². The summed E-state index contributed by atoms with van der Waals surface area (Å²) in [7, 11) is 0. The molecule has 1 aromatic carbocycles. The van der Waals surface area contributed by atoms with Gasteiger partial charge in [0.1, 0.15) is 6.04 Å². The maximum atomic E-state index is 12.7. The molecule has 1 aliphatic rings. The van der Waals surface area contributed by atoms with Gasteiger partial charge in [0.05, 0.1) is 6.26 Å². The predicted octanol–water partition coefficient (Wildman–Crippen LogP) is 2.77. The van der Waals surface area contributed by atoms with E-state index in [0.717, 1.165) is 16.8 Å². The minimum atomic E-state index is -0.512. The molecule has 2 amide bonds. The number of furan rings is 1. The fourth-order valence-electron chi connectivity index (χ4n) is 3.05. The van der Waals surface area contributed by atoms with Gasteiger partial charge in [0.2, 0.25) is 5.91 Å². The zero-order chi connectivity index (χ0) is 16.6. The number of anilines is 1. The monoisotopic (exact) mass is 312 g/mol. The molecule has 1 atom stereocenters. The van der Waals surface area contributed by atoms with Crippen LogP contribution in [0.3, 0.4) is 0 Å². The van der Waals surface area contributed by atoms with E-state index in [9.17, 15) is 9.59 Å². The molecule has 1 fully saturated rings. The molecule has 3 rings (SSSR count). The Morgan fingerprint density at radius 1 is 1.17 bits per heavy atom. The Morgan fingerprint density at radius 3 is 2.48 bits per heavy atom. The van der Waals surface area contributed by atoms with Crippen molar-refractivity contribution >= 4 is 17.5 Å². The minimum absolute atomic E-state index is 0.0684. The summed E-state index contributed by atoms with van der Waals surface area (Å²) in [6.45, 7) is 6.76. The maximum absolute atomic E-state index is 12.7. The van der Waals surface area contributed by atoms with Crippen LogP contribution in [0.25, 0.3) is 0 Å². The molecule has 0 aliphatic carbocycles. The molecule has 0 radical (unpaired) electrons. The summed E-state index contributed by atoms with van der Waals surface area (Å²) in [6.07, 6.45) is 1.46. The van der Waals surface area contributed by atoms with Crippen LogP contribution >= 0.6 is 0 Å². The van der Waals surface area contributed by atoms with Gasteiger partial charge in [-0.1, -0.05) is 6.07 Å². The van der Waals surface area contributed by atoms with E-state index >= 15 is 0 Å². The molecule has 1 saturated heterocycles. The first-order chi connectivity index (χ1) is 11.0. The van der Waals surface area contributed by atoms with Crippen LogP contribution in [0.1, 0.15) is 28.6 Å². The summed E-state index contributed by atoms with van der Waals surface area (Å²) in [5.41, 5.74) is 3.13. The first kappa shape index (κ1) is 15.3. The van der Waals surface area contributed by atoms with Gasteiger partial charge < -0.3 is 14.2 Å². The van der Waals surface area contributed by atoms with Gasteiger partial charge in [-0.2, -0.15) is 0 Å². The molecule has 1 aliphatic heterocycles. The van der Waals surface area contributed by atoms with Crippen molar-refractivity contribution in [3.63, 3.8) is 0 Å². The zero-order valence-corrected chi connectivity index (χ0v) is 13.6. The lowest BCUT2D eigenvalue weighted by Gasteiger charge is -2.38. The van der Waals surface area contributed by atoms with E-state index in [0.29, 0.717) is 13.1 Å². The third-order valence-corrected chi connectivity index (χ3v) is 4.17. The lowest BCUT2D eigenvalue weighted by molar-refractivity contribution is -0.124. The van der Waals surface area contributed by atoms with E-state index in [2.05, 4.69) is 6.07 Å². The van der Waals surface area contributed by atoms with Crippen molar-refractivity contribution in [2.75, 3.05) is 18.0 Å². The molecule has 23 heavy (non-hydrogen) atoms. The smallest absolute Gasteiger partial charge is 0.290 e. The van der Waals surface area contributed by atoms with E-state index < -0.39 is 6.04 Å². The normalized spacial score (nSPS) is 18.4. The highest BCUT2D eigenvalue weighted by Crippen LogP contribution is 2.24. The quantitative estimate of drug-likeness (QED) is 0.857. The SMILES string of the molecule is Cc1cc(C)cc(N2CCN(C(=O)c3ccco3)C(C)C2=O)c1. The van der Waals surface area contributed by atoms with Crippen molar-refractivity contribution in [1.29, 1.82) is 0 Å². The van der Waals surface area contributed by atoms with Gasteiger partial charge in [0, 0.05) is 18.8 Å². The van der Waals surface area contributed by atoms with Gasteiger partial charge in [-0.3, -0.25) is 9.59 Å². The average molecular weight is 312 g/mol. The molecule has 5 nitrogen and oxygen atoms in total. The number of nitrogens with zero attached hydrogens (tertiary/aromatic N) is 2. The summed E-state index contributed by atoms with van der Waals surface area (Å²) >= 11 is 0. The molecule has 0 spiro atoms. The molecular formula is C18H20N2O3. The number of hydrogen-bond acceptors (Lipinski definition) is 3. The number of rotatable bonds is 2. The molecular weight excluding hydrogens is 292 g/mol. The van der Waals surface area contributed by atoms with Crippen molar-refractivity contribution in [1.82, 2.24) is 4.90 Å². The molecule has 1 unspecified atom stereocenters. The van der Waals surface area contributed by atoms with E-state index in [1.165, 1.54) is 6.26 Å². The Labute approximate surface area is 135 Å². The number of hydrogen-bond donors (Lipinski definition) is 0. The fourth-order valence-corrected chi connectivity index (χ4v) is 3.05. The summed E-state index contributed by atoms with van der Waals surface area (Å²) < 4.78 is 5.16. The predicted molar refractivity (Wildman–Crippen MR) is 87.5 cm³/mol. The molecule has 2 aromatic rings. The highest BCUT2D eigenvalue weighted by atomic mass is 16.3. The molecule has 0 saturated carbocycles. The number of carbonyl (C=O) groups is 2. The largest absolute Gasteiger partial charge is 0.459 e. The summed E-state index contributed by atoms with van der Waals surface area (Å²) in [4.78, 5) is 28.5. The highest BCUT2D eigenvalue weighted by Gasteiger charge is 2.36. The standard InChI is InChI=1S/C18H20N2O3/c1-12-9-13(2)11-15(10-12)20-7-6-19(14(3)17(20)21)18(22)16-5-4-8-23-16/h4-5,8-11,14H,6-7H2,1-3H3. The second-order valence-electron chi connectivity index (χ2n) is 5.99. The number of carbonyl (C=O) groups excluding carboxylic acids is 2. The van der Waals surface area contributed by atoms with E-state index in [1.807, 2.05) is 26.0 Å². The van der Waals surface area contributed by atoms with Crippen LogP contribution in [-0.4, -0.2) is 35.8 Å². The lowest BCUT2D eigenvalue weighted by atomic mass is 10.1. The molecule has 2 heterocycles. The van der Waals surface area contributed by atoms with Crippen molar-refractivity contribution < 1.29 is 14.0 Å². The Morgan fingerprint density at radius 2 is 1.87 bits per heavy atom.